The number of nitrogens with zero attached hydrogens (tertiary/aromatic N) is 2. The number of aromatic nitrogens is 1. The summed E-state index contributed by atoms with van der Waals surface area (Å²) in [5.74, 6) is -1.42. The second kappa shape index (κ2) is 4.90. The third-order valence-electron chi connectivity index (χ3n) is 3.44. The molecule has 2 heterocycles. The smallest absolute Gasteiger partial charge is 0.335 e. The molecule has 1 aliphatic heterocycles. The normalized spacial score (nSPS) is 13.0. The molecule has 6 nitrogen and oxygen atoms in total. The van der Waals surface area contributed by atoms with E-state index < -0.39 is 5.97 Å². The van der Waals surface area contributed by atoms with Crippen LogP contribution >= 0.6 is 0 Å². The average molecular weight is 284 g/mol. The summed E-state index contributed by atoms with van der Waals surface area (Å²) in [5, 5.41) is 18.5. The van der Waals surface area contributed by atoms with Gasteiger partial charge in [-0.3, -0.25) is 9.78 Å². The first kappa shape index (κ1) is 13.1. The zero-order chi connectivity index (χ0) is 15.0. The molecule has 3 rings (SSSR count). The molecule has 2 aromatic rings. The number of anilines is 1. The third kappa shape index (κ3) is 2.31. The fourth-order valence-electron chi connectivity index (χ4n) is 2.42. The Balaban J connectivity index is 1.98. The van der Waals surface area contributed by atoms with E-state index in [1.165, 1.54) is 35.5 Å². The standard InChI is InChI=1S/C15H12N2O4/c18-12-5-11(7-16-8-12)14(19)17-4-3-9-1-2-10(15(20)21)6-13(9)17/h1-2,5-8,18H,3-4H2,(H,20,21). The van der Waals surface area contributed by atoms with E-state index in [0.29, 0.717) is 18.7 Å². The van der Waals surface area contributed by atoms with E-state index in [1.54, 1.807) is 6.07 Å². The lowest BCUT2D eigenvalue weighted by atomic mass is 10.1. The Kier molecular flexibility index (Phi) is 3.06. The van der Waals surface area contributed by atoms with Crippen LogP contribution < -0.4 is 4.90 Å². The number of carboxylic acids is 1. The highest BCUT2D eigenvalue weighted by atomic mass is 16.4. The van der Waals surface area contributed by atoms with Crippen LogP contribution in [-0.4, -0.2) is 33.6 Å². The number of amides is 1. The Labute approximate surface area is 120 Å². The highest BCUT2D eigenvalue weighted by Gasteiger charge is 2.26. The maximum absolute atomic E-state index is 12.5. The summed E-state index contributed by atoms with van der Waals surface area (Å²) in [6.45, 7) is 0.479. The number of fused-ring (bicyclic) bond motifs is 1. The molecule has 0 bridgehead atoms. The maximum atomic E-state index is 12.5. The quantitative estimate of drug-likeness (QED) is 0.875. The van der Waals surface area contributed by atoms with Gasteiger partial charge in [0.25, 0.3) is 5.91 Å². The van der Waals surface area contributed by atoms with Crippen molar-refractivity contribution in [1.82, 2.24) is 4.98 Å². The predicted octanol–water partition coefficient (Wildman–Crippen LogP) is 1.69. The zero-order valence-electron chi connectivity index (χ0n) is 11.0. The van der Waals surface area contributed by atoms with E-state index in [1.807, 2.05) is 0 Å². The Hall–Kier alpha value is -2.89. The minimum atomic E-state index is -1.03. The zero-order valence-corrected chi connectivity index (χ0v) is 11.0. The molecule has 1 aromatic heterocycles. The van der Waals surface area contributed by atoms with Crippen LogP contribution in [0.25, 0.3) is 0 Å². The lowest BCUT2D eigenvalue weighted by Crippen LogP contribution is -2.29. The molecule has 1 aliphatic rings. The average Bonchev–Trinajstić information content (AvgIpc) is 2.89. The van der Waals surface area contributed by atoms with Crippen molar-refractivity contribution in [2.24, 2.45) is 0 Å². The Morgan fingerprint density at radius 1 is 1.14 bits per heavy atom. The van der Waals surface area contributed by atoms with Crippen LogP contribution in [0.4, 0.5) is 5.69 Å². The van der Waals surface area contributed by atoms with Gasteiger partial charge in [0.1, 0.15) is 5.75 Å². The van der Waals surface area contributed by atoms with Crippen LogP contribution in [0, 0.1) is 0 Å². The van der Waals surface area contributed by atoms with Gasteiger partial charge < -0.3 is 15.1 Å². The molecular formula is C15H12N2O4. The summed E-state index contributed by atoms with van der Waals surface area (Å²) < 4.78 is 0. The van der Waals surface area contributed by atoms with Gasteiger partial charge in [0, 0.05) is 18.4 Å². The number of carbonyl (C=O) groups excluding carboxylic acids is 1. The number of aromatic carboxylic acids is 1. The van der Waals surface area contributed by atoms with E-state index in [0.717, 1.165) is 5.56 Å². The molecule has 0 saturated heterocycles. The SMILES string of the molecule is O=C(O)c1ccc2c(c1)N(C(=O)c1cncc(O)c1)CC2. The van der Waals surface area contributed by atoms with Crippen molar-refractivity contribution in [2.75, 3.05) is 11.4 Å². The Morgan fingerprint density at radius 3 is 2.67 bits per heavy atom. The van der Waals surface area contributed by atoms with E-state index in [-0.39, 0.29) is 22.8 Å². The molecule has 1 amide bonds. The van der Waals surface area contributed by atoms with Crippen LogP contribution in [0.2, 0.25) is 0 Å². The van der Waals surface area contributed by atoms with Gasteiger partial charge in [-0.15, -0.1) is 0 Å². The van der Waals surface area contributed by atoms with Crippen LogP contribution in [0.5, 0.6) is 5.75 Å². The van der Waals surface area contributed by atoms with E-state index >= 15 is 0 Å². The molecule has 21 heavy (non-hydrogen) atoms. The van der Waals surface area contributed by atoms with Crippen molar-refractivity contribution in [3.05, 3.63) is 53.3 Å². The summed E-state index contributed by atoms with van der Waals surface area (Å²) in [5.41, 5.74) is 1.94. The van der Waals surface area contributed by atoms with Gasteiger partial charge in [0.05, 0.1) is 17.3 Å². The van der Waals surface area contributed by atoms with Gasteiger partial charge in [-0.05, 0) is 30.2 Å². The van der Waals surface area contributed by atoms with E-state index in [9.17, 15) is 14.7 Å². The maximum Gasteiger partial charge on any atom is 0.335 e. The second-order valence-electron chi connectivity index (χ2n) is 4.79. The highest BCUT2D eigenvalue weighted by molar-refractivity contribution is 6.07. The number of benzene rings is 1. The van der Waals surface area contributed by atoms with Crippen LogP contribution in [-0.2, 0) is 6.42 Å². The lowest BCUT2D eigenvalue weighted by Gasteiger charge is -2.17. The number of carbonyl (C=O) groups is 2. The van der Waals surface area contributed by atoms with Crippen molar-refractivity contribution in [1.29, 1.82) is 0 Å². The van der Waals surface area contributed by atoms with E-state index in [4.69, 9.17) is 5.11 Å². The Bertz CT molecular complexity index is 742. The van der Waals surface area contributed by atoms with Crippen molar-refractivity contribution in [2.45, 2.75) is 6.42 Å². The van der Waals surface area contributed by atoms with Gasteiger partial charge in [-0.1, -0.05) is 6.07 Å². The molecular weight excluding hydrogens is 272 g/mol. The minimum absolute atomic E-state index is 0.0837. The molecule has 0 radical (unpaired) electrons. The van der Waals surface area contributed by atoms with Crippen molar-refractivity contribution < 1.29 is 19.8 Å². The fourth-order valence-corrected chi connectivity index (χ4v) is 2.42. The number of carboxylic acid groups (broad SMARTS) is 1. The third-order valence-corrected chi connectivity index (χ3v) is 3.44. The number of aromatic hydroxyl groups is 1. The molecule has 0 spiro atoms. The summed E-state index contributed by atoms with van der Waals surface area (Å²) >= 11 is 0. The largest absolute Gasteiger partial charge is 0.506 e. The highest BCUT2D eigenvalue weighted by Crippen LogP contribution is 2.30. The number of pyridine rings is 1. The van der Waals surface area contributed by atoms with E-state index in [2.05, 4.69) is 4.98 Å². The first-order chi connectivity index (χ1) is 10.1. The van der Waals surface area contributed by atoms with Crippen LogP contribution in [0.1, 0.15) is 26.3 Å². The van der Waals surface area contributed by atoms with Crippen LogP contribution in [0.3, 0.4) is 0 Å². The molecule has 106 valence electrons. The minimum Gasteiger partial charge on any atom is -0.506 e. The topological polar surface area (TPSA) is 90.7 Å². The first-order valence-electron chi connectivity index (χ1n) is 6.38. The van der Waals surface area contributed by atoms with Gasteiger partial charge in [-0.2, -0.15) is 0 Å². The van der Waals surface area contributed by atoms with Gasteiger partial charge in [-0.25, -0.2) is 4.79 Å². The van der Waals surface area contributed by atoms with Gasteiger partial charge in [0.2, 0.25) is 0 Å². The molecule has 0 atom stereocenters. The number of hydrogen-bond acceptors (Lipinski definition) is 4. The molecule has 0 saturated carbocycles. The number of rotatable bonds is 2. The van der Waals surface area contributed by atoms with Gasteiger partial charge in [0.15, 0.2) is 0 Å². The molecule has 0 unspecified atom stereocenters. The molecule has 6 heteroatoms. The molecule has 0 aliphatic carbocycles. The van der Waals surface area contributed by atoms with Crippen molar-refractivity contribution in [3.63, 3.8) is 0 Å². The molecule has 0 fully saturated rings. The van der Waals surface area contributed by atoms with Crippen molar-refractivity contribution >= 4 is 17.6 Å². The summed E-state index contributed by atoms with van der Waals surface area (Å²) in [6.07, 6.45) is 3.30. The van der Waals surface area contributed by atoms with Crippen molar-refractivity contribution in [3.8, 4) is 5.75 Å². The molecule has 2 N–H and O–H groups in total. The number of hydrogen-bond donors (Lipinski definition) is 2. The molecule has 1 aromatic carbocycles. The first-order valence-corrected chi connectivity index (χ1v) is 6.38. The van der Waals surface area contributed by atoms with Crippen LogP contribution in [0.15, 0.2) is 36.7 Å². The second-order valence-corrected chi connectivity index (χ2v) is 4.79. The lowest BCUT2D eigenvalue weighted by molar-refractivity contribution is 0.0696. The predicted molar refractivity (Wildman–Crippen MR) is 74.7 cm³/mol. The summed E-state index contributed by atoms with van der Waals surface area (Å²) in [6, 6.07) is 6.10. The summed E-state index contributed by atoms with van der Waals surface area (Å²) in [4.78, 5) is 28.8. The fraction of sp³-hybridized carbons (Fsp3) is 0.133. The summed E-state index contributed by atoms with van der Waals surface area (Å²) in [7, 11) is 0. The van der Waals surface area contributed by atoms with Gasteiger partial charge >= 0.3 is 5.97 Å². The Morgan fingerprint density at radius 2 is 1.95 bits per heavy atom. The monoisotopic (exact) mass is 284 g/mol.